The molecule has 3 rings (SSSR count). The highest BCUT2D eigenvalue weighted by Gasteiger charge is 2.33. The molecule has 0 unspecified atom stereocenters. The minimum atomic E-state index is -0.415. The molecule has 3 amide bonds. The number of benzene rings is 1. The average Bonchev–Trinajstić information content (AvgIpc) is 3.00. The van der Waals surface area contributed by atoms with E-state index < -0.39 is 6.03 Å². The van der Waals surface area contributed by atoms with Gasteiger partial charge in [0.05, 0.1) is 10.3 Å². The number of nitrogens with zero attached hydrogens (tertiary/aromatic N) is 1. The van der Waals surface area contributed by atoms with Crippen LogP contribution in [-0.2, 0) is 11.3 Å². The number of amides is 3. The van der Waals surface area contributed by atoms with Gasteiger partial charge in [-0.25, -0.2) is 4.79 Å². The zero-order valence-electron chi connectivity index (χ0n) is 11.2. The van der Waals surface area contributed by atoms with Gasteiger partial charge in [0.25, 0.3) is 5.91 Å². The van der Waals surface area contributed by atoms with E-state index in [1.165, 1.54) is 16.2 Å². The molecule has 0 aliphatic carbocycles. The number of imide groups is 1. The summed E-state index contributed by atoms with van der Waals surface area (Å²) >= 11 is 10.7. The van der Waals surface area contributed by atoms with Crippen molar-refractivity contribution in [1.82, 2.24) is 10.2 Å². The fourth-order valence-electron chi connectivity index (χ4n) is 2.04. The Morgan fingerprint density at radius 2 is 1.91 bits per heavy atom. The van der Waals surface area contributed by atoms with Gasteiger partial charge >= 0.3 is 6.03 Å². The van der Waals surface area contributed by atoms with Crippen molar-refractivity contribution in [1.29, 1.82) is 0 Å². The standard InChI is InChI=1S/C15H10BrClN2O2S/c16-13-6-5-11(22-13)7-12-14(20)19(15(21)18-12)8-9-1-3-10(17)4-2-9/h1-7H,8H2,(H,18,21)/b12-7+. The van der Waals surface area contributed by atoms with Crippen molar-refractivity contribution in [2.45, 2.75) is 6.54 Å². The largest absolute Gasteiger partial charge is 0.329 e. The molecule has 4 nitrogen and oxygen atoms in total. The first-order chi connectivity index (χ1) is 10.5. The number of nitrogens with one attached hydrogen (secondary N) is 1. The van der Waals surface area contributed by atoms with Crippen LogP contribution in [0, 0.1) is 0 Å². The minimum absolute atomic E-state index is 0.216. The first-order valence-corrected chi connectivity index (χ1v) is 8.36. The third-order valence-electron chi connectivity index (χ3n) is 3.10. The van der Waals surface area contributed by atoms with Crippen LogP contribution in [0.2, 0.25) is 5.02 Å². The second kappa shape index (κ2) is 6.24. The maximum atomic E-state index is 12.3. The quantitative estimate of drug-likeness (QED) is 0.621. The molecule has 1 aromatic heterocycles. The van der Waals surface area contributed by atoms with Gasteiger partial charge in [-0.15, -0.1) is 11.3 Å². The number of halogens is 2. The molecule has 0 saturated carbocycles. The van der Waals surface area contributed by atoms with Gasteiger partial charge in [0.2, 0.25) is 0 Å². The van der Waals surface area contributed by atoms with Crippen molar-refractivity contribution in [3.63, 3.8) is 0 Å². The number of hydrogen-bond donors (Lipinski definition) is 1. The van der Waals surface area contributed by atoms with E-state index in [-0.39, 0.29) is 18.1 Å². The molecule has 7 heteroatoms. The van der Waals surface area contributed by atoms with Crippen LogP contribution in [0.25, 0.3) is 6.08 Å². The van der Waals surface area contributed by atoms with E-state index in [1.54, 1.807) is 30.3 Å². The summed E-state index contributed by atoms with van der Waals surface area (Å²) < 4.78 is 0.967. The normalized spacial score (nSPS) is 16.5. The van der Waals surface area contributed by atoms with E-state index in [0.717, 1.165) is 14.2 Å². The van der Waals surface area contributed by atoms with Gasteiger partial charge in [-0.05, 0) is 51.8 Å². The lowest BCUT2D eigenvalue weighted by Gasteiger charge is -2.11. The molecule has 112 valence electrons. The lowest BCUT2D eigenvalue weighted by atomic mass is 10.2. The van der Waals surface area contributed by atoms with E-state index in [0.29, 0.717) is 5.02 Å². The SMILES string of the molecule is O=C1N/C(=C/c2ccc(Br)s2)C(=O)N1Cc1ccc(Cl)cc1. The van der Waals surface area contributed by atoms with Crippen molar-refractivity contribution in [2.24, 2.45) is 0 Å². The monoisotopic (exact) mass is 396 g/mol. The minimum Gasteiger partial charge on any atom is -0.303 e. The Balaban J connectivity index is 1.79. The number of hydrogen-bond acceptors (Lipinski definition) is 3. The lowest BCUT2D eigenvalue weighted by Crippen LogP contribution is -2.30. The smallest absolute Gasteiger partial charge is 0.303 e. The molecule has 1 saturated heterocycles. The van der Waals surface area contributed by atoms with Gasteiger partial charge in [0.1, 0.15) is 5.70 Å². The van der Waals surface area contributed by atoms with E-state index >= 15 is 0 Å². The number of rotatable bonds is 3. The Kier molecular flexibility index (Phi) is 4.33. The van der Waals surface area contributed by atoms with Crippen LogP contribution in [0.5, 0.6) is 0 Å². The van der Waals surface area contributed by atoms with Gasteiger partial charge in [0.15, 0.2) is 0 Å². The second-order valence-corrected chi connectivity index (χ2v) is 7.58. The lowest BCUT2D eigenvalue weighted by molar-refractivity contribution is -0.123. The number of thiophene rings is 1. The van der Waals surface area contributed by atoms with Crippen LogP contribution in [0.15, 0.2) is 45.9 Å². The Morgan fingerprint density at radius 1 is 1.18 bits per heavy atom. The summed E-state index contributed by atoms with van der Waals surface area (Å²) in [5.74, 6) is -0.329. The van der Waals surface area contributed by atoms with Crippen LogP contribution in [0.3, 0.4) is 0 Å². The van der Waals surface area contributed by atoms with E-state index in [1.807, 2.05) is 12.1 Å². The fraction of sp³-hybridized carbons (Fsp3) is 0.0667. The maximum absolute atomic E-state index is 12.3. The average molecular weight is 398 g/mol. The number of carbonyl (C=O) groups excluding carboxylic acids is 2. The highest BCUT2D eigenvalue weighted by molar-refractivity contribution is 9.11. The molecule has 1 N–H and O–H groups in total. The van der Waals surface area contributed by atoms with Gasteiger partial charge in [0, 0.05) is 9.90 Å². The molecule has 0 radical (unpaired) electrons. The van der Waals surface area contributed by atoms with Gasteiger partial charge in [-0.1, -0.05) is 23.7 Å². The number of carbonyl (C=O) groups is 2. The molecule has 2 heterocycles. The second-order valence-electron chi connectivity index (χ2n) is 4.65. The van der Waals surface area contributed by atoms with Gasteiger partial charge < -0.3 is 5.32 Å². The van der Waals surface area contributed by atoms with E-state index in [9.17, 15) is 9.59 Å². The molecule has 1 aromatic carbocycles. The molecule has 0 atom stereocenters. The third-order valence-corrected chi connectivity index (χ3v) is 4.92. The third kappa shape index (κ3) is 3.24. The van der Waals surface area contributed by atoms with Gasteiger partial charge in [-0.3, -0.25) is 9.69 Å². The highest BCUT2D eigenvalue weighted by atomic mass is 79.9. The summed E-state index contributed by atoms with van der Waals surface area (Å²) in [5, 5.41) is 3.22. The van der Waals surface area contributed by atoms with Crippen LogP contribution in [-0.4, -0.2) is 16.8 Å². The maximum Gasteiger partial charge on any atom is 0.329 e. The van der Waals surface area contributed by atoms with E-state index in [4.69, 9.17) is 11.6 Å². The zero-order chi connectivity index (χ0) is 15.7. The Morgan fingerprint density at radius 3 is 2.55 bits per heavy atom. The molecular weight excluding hydrogens is 388 g/mol. The van der Waals surface area contributed by atoms with Crippen molar-refractivity contribution in [2.75, 3.05) is 0 Å². The molecule has 22 heavy (non-hydrogen) atoms. The van der Waals surface area contributed by atoms with Crippen molar-refractivity contribution >= 4 is 56.9 Å². The summed E-state index contributed by atoms with van der Waals surface area (Å²) in [5.41, 5.74) is 1.13. The summed E-state index contributed by atoms with van der Waals surface area (Å²) in [4.78, 5) is 26.4. The summed E-state index contributed by atoms with van der Waals surface area (Å²) in [6.45, 7) is 0.216. The fourth-order valence-corrected chi connectivity index (χ4v) is 3.53. The van der Waals surface area contributed by atoms with Crippen LogP contribution >= 0.6 is 38.9 Å². The van der Waals surface area contributed by atoms with Crippen LogP contribution in [0.1, 0.15) is 10.4 Å². The molecule has 0 spiro atoms. The molecule has 1 aliphatic heterocycles. The first kappa shape index (κ1) is 15.3. The number of urea groups is 1. The summed E-state index contributed by atoms with van der Waals surface area (Å²) in [7, 11) is 0. The Hall–Kier alpha value is -1.63. The van der Waals surface area contributed by atoms with Crippen molar-refractivity contribution in [3.8, 4) is 0 Å². The predicted octanol–water partition coefficient (Wildman–Crippen LogP) is 4.26. The highest BCUT2D eigenvalue weighted by Crippen LogP contribution is 2.25. The predicted molar refractivity (Wildman–Crippen MR) is 90.5 cm³/mol. The van der Waals surface area contributed by atoms with Crippen molar-refractivity contribution in [3.05, 3.63) is 61.3 Å². The summed E-state index contributed by atoms with van der Waals surface area (Å²) in [6.07, 6.45) is 1.68. The Labute approximate surface area is 144 Å². The molecule has 0 bridgehead atoms. The summed E-state index contributed by atoms with van der Waals surface area (Å²) in [6, 6.07) is 10.4. The zero-order valence-corrected chi connectivity index (χ0v) is 14.3. The van der Waals surface area contributed by atoms with E-state index in [2.05, 4.69) is 21.2 Å². The van der Waals surface area contributed by atoms with Crippen molar-refractivity contribution < 1.29 is 9.59 Å². The topological polar surface area (TPSA) is 49.4 Å². The molecule has 1 fully saturated rings. The molecule has 2 aromatic rings. The Bertz CT molecular complexity index is 770. The van der Waals surface area contributed by atoms with Crippen LogP contribution < -0.4 is 5.32 Å². The first-order valence-electron chi connectivity index (χ1n) is 6.37. The molecule has 1 aliphatic rings. The molecular formula is C15H10BrClN2O2S. The van der Waals surface area contributed by atoms with Crippen LogP contribution in [0.4, 0.5) is 4.79 Å². The van der Waals surface area contributed by atoms with Gasteiger partial charge in [-0.2, -0.15) is 0 Å².